The summed E-state index contributed by atoms with van der Waals surface area (Å²) < 4.78 is 10.8. The Morgan fingerprint density at radius 2 is 1.87 bits per heavy atom. The summed E-state index contributed by atoms with van der Waals surface area (Å²) in [7, 11) is 0. The van der Waals surface area contributed by atoms with Gasteiger partial charge in [0.15, 0.2) is 6.61 Å². The van der Waals surface area contributed by atoms with Gasteiger partial charge in [-0.2, -0.15) is 0 Å². The predicted octanol–water partition coefficient (Wildman–Crippen LogP) is 3.03. The molecule has 0 saturated carbocycles. The van der Waals surface area contributed by atoms with Crippen molar-refractivity contribution in [3.63, 3.8) is 0 Å². The fourth-order valence-electron chi connectivity index (χ4n) is 3.78. The lowest BCUT2D eigenvalue weighted by Crippen LogP contribution is -2.41. The molecule has 10 heteroatoms. The van der Waals surface area contributed by atoms with Crippen LogP contribution in [0.3, 0.4) is 0 Å². The number of thiophene rings is 1. The molecule has 2 heterocycles. The normalized spacial score (nSPS) is 15.8. The highest BCUT2D eigenvalue weighted by Crippen LogP contribution is 2.39. The molecule has 2 amide bonds. The number of rotatable bonds is 6. The van der Waals surface area contributed by atoms with E-state index in [1.54, 1.807) is 4.90 Å². The summed E-state index contributed by atoms with van der Waals surface area (Å²) in [5, 5.41) is 14.2. The van der Waals surface area contributed by atoms with Crippen LogP contribution < -0.4 is 10.1 Å². The second-order valence-corrected chi connectivity index (χ2v) is 8.51. The standard InChI is InChI=1S/C21H23N3O6S/c25-18(13-30-15-7-5-14(6-8-15)24(27)28)22-20-19(16-3-1-2-4-17(16)31-20)21(26)23-9-11-29-12-10-23/h5-8H,1-4,9-13H2,(H,22,25). The van der Waals surface area contributed by atoms with Crippen molar-refractivity contribution in [1.29, 1.82) is 0 Å². The monoisotopic (exact) mass is 445 g/mol. The van der Waals surface area contributed by atoms with E-state index in [9.17, 15) is 19.7 Å². The molecule has 1 saturated heterocycles. The maximum absolute atomic E-state index is 13.2. The van der Waals surface area contributed by atoms with Crippen molar-refractivity contribution >= 4 is 33.8 Å². The Hall–Kier alpha value is -2.98. The van der Waals surface area contributed by atoms with Gasteiger partial charge in [-0.25, -0.2) is 0 Å². The third-order valence-corrected chi connectivity index (χ3v) is 6.56. The molecule has 4 rings (SSSR count). The molecule has 0 bridgehead atoms. The number of hydrogen-bond donors (Lipinski definition) is 1. The molecule has 2 aromatic rings. The Labute approximate surface area is 183 Å². The van der Waals surface area contributed by atoms with Crippen LogP contribution in [0.15, 0.2) is 24.3 Å². The minimum atomic E-state index is -0.498. The van der Waals surface area contributed by atoms with Crippen molar-refractivity contribution in [2.45, 2.75) is 25.7 Å². The van der Waals surface area contributed by atoms with Gasteiger partial charge < -0.3 is 19.7 Å². The summed E-state index contributed by atoms with van der Waals surface area (Å²) in [5.41, 5.74) is 1.61. The van der Waals surface area contributed by atoms with Crippen LogP contribution in [0.25, 0.3) is 0 Å². The number of fused-ring (bicyclic) bond motifs is 1. The highest BCUT2D eigenvalue weighted by molar-refractivity contribution is 7.17. The van der Waals surface area contributed by atoms with Gasteiger partial charge in [0.25, 0.3) is 17.5 Å². The van der Waals surface area contributed by atoms with Gasteiger partial charge in [-0.15, -0.1) is 11.3 Å². The first-order valence-electron chi connectivity index (χ1n) is 10.2. The van der Waals surface area contributed by atoms with Crippen LogP contribution in [0.1, 0.15) is 33.6 Å². The minimum absolute atomic E-state index is 0.0489. The molecule has 0 atom stereocenters. The van der Waals surface area contributed by atoms with Crippen molar-refractivity contribution in [2.24, 2.45) is 0 Å². The Morgan fingerprint density at radius 1 is 1.16 bits per heavy atom. The molecule has 0 unspecified atom stereocenters. The average molecular weight is 445 g/mol. The Bertz CT molecular complexity index is 982. The van der Waals surface area contributed by atoms with E-state index in [2.05, 4.69) is 5.32 Å². The molecule has 1 aromatic carbocycles. The average Bonchev–Trinajstić information content (AvgIpc) is 3.15. The fourth-order valence-corrected chi connectivity index (χ4v) is 5.08. The number of nitro groups is 1. The number of nitrogens with one attached hydrogen (secondary N) is 1. The number of anilines is 1. The van der Waals surface area contributed by atoms with Gasteiger partial charge in [-0.3, -0.25) is 19.7 Å². The van der Waals surface area contributed by atoms with E-state index in [1.807, 2.05) is 0 Å². The number of non-ortho nitro benzene ring substituents is 1. The van der Waals surface area contributed by atoms with Crippen LogP contribution in [0.2, 0.25) is 0 Å². The van der Waals surface area contributed by atoms with Crippen LogP contribution in [0.4, 0.5) is 10.7 Å². The van der Waals surface area contributed by atoms with Crippen molar-refractivity contribution in [2.75, 3.05) is 38.2 Å². The highest BCUT2D eigenvalue weighted by atomic mass is 32.1. The van der Waals surface area contributed by atoms with E-state index in [0.29, 0.717) is 42.6 Å². The largest absolute Gasteiger partial charge is 0.484 e. The van der Waals surface area contributed by atoms with Gasteiger partial charge in [0, 0.05) is 30.1 Å². The molecular weight excluding hydrogens is 422 g/mol. The first-order valence-corrected chi connectivity index (χ1v) is 11.0. The van der Waals surface area contributed by atoms with E-state index in [1.165, 1.54) is 35.6 Å². The van der Waals surface area contributed by atoms with E-state index < -0.39 is 4.92 Å². The van der Waals surface area contributed by atoms with Crippen molar-refractivity contribution in [3.8, 4) is 5.75 Å². The molecule has 0 spiro atoms. The zero-order chi connectivity index (χ0) is 21.8. The van der Waals surface area contributed by atoms with Gasteiger partial charge in [-0.1, -0.05) is 0 Å². The van der Waals surface area contributed by atoms with Crippen LogP contribution in [-0.4, -0.2) is 54.5 Å². The van der Waals surface area contributed by atoms with Crippen LogP contribution in [0.5, 0.6) is 5.75 Å². The molecule has 1 N–H and O–H groups in total. The van der Waals surface area contributed by atoms with Crippen LogP contribution in [-0.2, 0) is 22.4 Å². The number of nitro benzene ring substituents is 1. The molecule has 0 radical (unpaired) electrons. The van der Waals surface area contributed by atoms with E-state index in [4.69, 9.17) is 9.47 Å². The summed E-state index contributed by atoms with van der Waals surface area (Å²) in [6.07, 6.45) is 3.87. The minimum Gasteiger partial charge on any atom is -0.484 e. The number of nitrogens with zero attached hydrogens (tertiary/aromatic N) is 2. The van der Waals surface area contributed by atoms with Gasteiger partial charge in [0.1, 0.15) is 10.8 Å². The molecule has 164 valence electrons. The summed E-state index contributed by atoms with van der Waals surface area (Å²) in [4.78, 5) is 39.0. The van der Waals surface area contributed by atoms with Gasteiger partial charge in [-0.05, 0) is 43.4 Å². The number of aryl methyl sites for hydroxylation is 1. The first kappa shape index (κ1) is 21.3. The zero-order valence-electron chi connectivity index (χ0n) is 16.9. The molecule has 1 fully saturated rings. The lowest BCUT2D eigenvalue weighted by Gasteiger charge is -2.27. The number of hydrogen-bond acceptors (Lipinski definition) is 7. The van der Waals surface area contributed by atoms with Crippen LogP contribution in [0, 0.1) is 10.1 Å². The molecule has 1 aliphatic heterocycles. The van der Waals surface area contributed by atoms with E-state index in [0.717, 1.165) is 36.1 Å². The smallest absolute Gasteiger partial charge is 0.269 e. The lowest BCUT2D eigenvalue weighted by molar-refractivity contribution is -0.384. The quantitative estimate of drug-likeness (QED) is 0.540. The topological polar surface area (TPSA) is 111 Å². The third kappa shape index (κ3) is 4.86. The number of carbonyl (C=O) groups is 2. The van der Waals surface area contributed by atoms with Crippen molar-refractivity contribution in [3.05, 3.63) is 50.4 Å². The molecule has 9 nitrogen and oxygen atoms in total. The van der Waals surface area contributed by atoms with Gasteiger partial charge >= 0.3 is 0 Å². The predicted molar refractivity (Wildman–Crippen MR) is 115 cm³/mol. The number of ether oxygens (including phenoxy) is 2. The van der Waals surface area contributed by atoms with E-state index >= 15 is 0 Å². The SMILES string of the molecule is O=C(COc1ccc([N+](=O)[O-])cc1)Nc1sc2c(c1C(=O)N1CCOCC1)CCCC2. The summed E-state index contributed by atoms with van der Waals surface area (Å²) in [6, 6.07) is 5.53. The summed E-state index contributed by atoms with van der Waals surface area (Å²) >= 11 is 1.47. The Balaban J connectivity index is 1.46. The third-order valence-electron chi connectivity index (χ3n) is 5.35. The molecule has 2 aliphatic rings. The number of morpholine rings is 1. The molecule has 1 aliphatic carbocycles. The van der Waals surface area contributed by atoms with Crippen molar-refractivity contribution in [1.82, 2.24) is 4.90 Å². The van der Waals surface area contributed by atoms with Crippen LogP contribution >= 0.6 is 11.3 Å². The fraction of sp³-hybridized carbons (Fsp3) is 0.429. The molecule has 1 aromatic heterocycles. The van der Waals surface area contributed by atoms with Gasteiger partial charge in [0.2, 0.25) is 0 Å². The Kier molecular flexibility index (Phi) is 6.47. The lowest BCUT2D eigenvalue weighted by atomic mass is 9.95. The molecule has 31 heavy (non-hydrogen) atoms. The van der Waals surface area contributed by atoms with Crippen molar-refractivity contribution < 1.29 is 24.0 Å². The second-order valence-electron chi connectivity index (χ2n) is 7.41. The summed E-state index contributed by atoms with van der Waals surface area (Å²) in [5.74, 6) is -0.0851. The molecular formula is C21H23N3O6S. The first-order chi connectivity index (χ1) is 15.0. The highest BCUT2D eigenvalue weighted by Gasteiger charge is 2.30. The number of amides is 2. The van der Waals surface area contributed by atoms with Gasteiger partial charge in [0.05, 0.1) is 23.7 Å². The maximum Gasteiger partial charge on any atom is 0.269 e. The zero-order valence-corrected chi connectivity index (χ0v) is 17.7. The summed E-state index contributed by atoms with van der Waals surface area (Å²) in [6.45, 7) is 1.86. The number of benzene rings is 1. The maximum atomic E-state index is 13.2. The Morgan fingerprint density at radius 3 is 2.58 bits per heavy atom. The second kappa shape index (κ2) is 9.44. The van der Waals surface area contributed by atoms with E-state index in [-0.39, 0.29) is 24.1 Å². The number of carbonyl (C=O) groups excluding carboxylic acids is 2.